The zero-order valence-corrected chi connectivity index (χ0v) is 20.4. The second-order valence-electron chi connectivity index (χ2n) is 10.2. The molecule has 2 atom stereocenters. The molecule has 2 aliphatic rings. The summed E-state index contributed by atoms with van der Waals surface area (Å²) >= 11 is 12.4. The molecule has 3 aromatic rings. The molecular formula is C26H29Cl2N3O. The molecule has 168 valence electrons. The van der Waals surface area contributed by atoms with Crippen molar-refractivity contribution in [3.63, 3.8) is 0 Å². The highest BCUT2D eigenvalue weighted by molar-refractivity contribution is 6.42. The summed E-state index contributed by atoms with van der Waals surface area (Å²) < 4.78 is 1.87. The number of aromatic nitrogens is 2. The number of nitrogens with zero attached hydrogens (tertiary/aromatic N) is 3. The largest absolute Gasteiger partial charge is 0.296 e. The van der Waals surface area contributed by atoms with Crippen LogP contribution in [0.2, 0.25) is 10.0 Å². The average molecular weight is 470 g/mol. The van der Waals surface area contributed by atoms with Crippen molar-refractivity contribution in [3.05, 3.63) is 73.7 Å². The number of hydrogen-bond acceptors (Lipinski definition) is 3. The van der Waals surface area contributed by atoms with Gasteiger partial charge >= 0.3 is 0 Å². The van der Waals surface area contributed by atoms with Crippen LogP contribution in [0, 0.1) is 0 Å². The monoisotopic (exact) mass is 469 g/mol. The van der Waals surface area contributed by atoms with Gasteiger partial charge in [-0.1, -0.05) is 68.2 Å². The van der Waals surface area contributed by atoms with E-state index in [1.807, 2.05) is 4.57 Å². The van der Waals surface area contributed by atoms with E-state index in [4.69, 9.17) is 28.2 Å². The first-order valence-corrected chi connectivity index (χ1v) is 12.2. The quantitative estimate of drug-likeness (QED) is 0.451. The van der Waals surface area contributed by atoms with Gasteiger partial charge in [0.05, 0.1) is 20.9 Å². The van der Waals surface area contributed by atoms with E-state index in [0.29, 0.717) is 33.5 Å². The van der Waals surface area contributed by atoms with Gasteiger partial charge in [0.2, 0.25) is 0 Å². The Labute approximate surface area is 199 Å². The van der Waals surface area contributed by atoms with E-state index >= 15 is 0 Å². The molecule has 2 aromatic carbocycles. The van der Waals surface area contributed by atoms with Crippen LogP contribution in [0.5, 0.6) is 0 Å². The number of benzene rings is 2. The SMILES string of the molecule is CC(C)(C)c1ccc(CN2CCC[C@@H]3c4nc5cc(Cl)c(Cl)cc5c(=O)n4CC[C@H]32)cc1. The van der Waals surface area contributed by atoms with E-state index in [1.54, 1.807) is 12.1 Å². The lowest BCUT2D eigenvalue weighted by molar-refractivity contribution is 0.0888. The molecule has 0 N–H and O–H groups in total. The maximum Gasteiger partial charge on any atom is 0.261 e. The molecule has 0 spiro atoms. The summed E-state index contributed by atoms with van der Waals surface area (Å²) in [5, 5.41) is 1.38. The lowest BCUT2D eigenvalue weighted by atomic mass is 9.83. The first-order valence-electron chi connectivity index (χ1n) is 11.5. The number of likely N-dealkylation sites (tertiary alicyclic amines) is 1. The highest BCUT2D eigenvalue weighted by atomic mass is 35.5. The van der Waals surface area contributed by atoms with Crippen LogP contribution >= 0.6 is 23.2 Å². The van der Waals surface area contributed by atoms with Gasteiger partial charge in [-0.25, -0.2) is 4.98 Å². The van der Waals surface area contributed by atoms with Crippen LogP contribution in [0.3, 0.4) is 0 Å². The summed E-state index contributed by atoms with van der Waals surface area (Å²) in [4.78, 5) is 20.7. The Morgan fingerprint density at radius 1 is 1.03 bits per heavy atom. The van der Waals surface area contributed by atoms with Crippen molar-refractivity contribution in [1.29, 1.82) is 0 Å². The minimum absolute atomic E-state index is 0.00286. The molecule has 1 saturated heterocycles. The standard InChI is InChI=1S/C26H29Cl2N3O/c1-26(2,3)17-8-6-16(7-9-17)15-30-11-4-5-18-23(30)10-12-31-24(18)29-22-14-21(28)20(27)13-19(22)25(31)32/h6-9,13-14,18,23H,4-5,10-12,15H2,1-3H3/t18-,23+/m0/s1. The van der Waals surface area contributed by atoms with Gasteiger partial charge in [-0.15, -0.1) is 0 Å². The Morgan fingerprint density at radius 3 is 2.47 bits per heavy atom. The molecule has 4 nitrogen and oxygen atoms in total. The molecular weight excluding hydrogens is 441 g/mol. The Morgan fingerprint density at radius 2 is 1.75 bits per heavy atom. The fourth-order valence-corrected chi connectivity index (χ4v) is 5.67. The summed E-state index contributed by atoms with van der Waals surface area (Å²) in [6, 6.07) is 12.8. The van der Waals surface area contributed by atoms with E-state index < -0.39 is 0 Å². The molecule has 1 fully saturated rings. The fourth-order valence-electron chi connectivity index (χ4n) is 5.35. The summed E-state index contributed by atoms with van der Waals surface area (Å²) in [6.45, 7) is 9.45. The van der Waals surface area contributed by atoms with E-state index in [-0.39, 0.29) is 16.9 Å². The van der Waals surface area contributed by atoms with Gasteiger partial charge in [-0.05, 0) is 54.5 Å². The Balaban J connectivity index is 1.46. The average Bonchev–Trinajstić information content (AvgIpc) is 2.75. The van der Waals surface area contributed by atoms with E-state index in [2.05, 4.69) is 49.9 Å². The third-order valence-electron chi connectivity index (χ3n) is 7.11. The second-order valence-corrected chi connectivity index (χ2v) is 11.0. The fraction of sp³-hybridized carbons (Fsp3) is 0.462. The Bertz CT molecular complexity index is 1230. The van der Waals surface area contributed by atoms with Crippen molar-refractivity contribution in [1.82, 2.24) is 14.5 Å². The van der Waals surface area contributed by atoms with Gasteiger partial charge in [0.1, 0.15) is 5.82 Å². The first kappa shape index (κ1) is 21.9. The van der Waals surface area contributed by atoms with Gasteiger partial charge in [-0.3, -0.25) is 14.3 Å². The van der Waals surface area contributed by atoms with Crippen LogP contribution in [0.25, 0.3) is 10.9 Å². The number of hydrogen-bond donors (Lipinski definition) is 0. The predicted molar refractivity (Wildman–Crippen MR) is 132 cm³/mol. The third kappa shape index (κ3) is 3.87. The van der Waals surface area contributed by atoms with Crippen LogP contribution < -0.4 is 5.56 Å². The van der Waals surface area contributed by atoms with Crippen LogP contribution in [0.4, 0.5) is 0 Å². The predicted octanol–water partition coefficient (Wildman–Crippen LogP) is 6.15. The molecule has 0 amide bonds. The summed E-state index contributed by atoms with van der Waals surface area (Å²) in [5.74, 6) is 1.17. The second kappa shape index (κ2) is 8.16. The first-order chi connectivity index (χ1) is 15.2. The molecule has 0 aliphatic carbocycles. The maximum atomic E-state index is 13.2. The van der Waals surface area contributed by atoms with Crippen molar-refractivity contribution in [2.45, 2.75) is 70.5 Å². The zero-order chi connectivity index (χ0) is 22.6. The number of rotatable bonds is 2. The number of fused-ring (bicyclic) bond motifs is 4. The Hall–Kier alpha value is -1.88. The molecule has 3 heterocycles. The number of halogens is 2. The molecule has 0 bridgehead atoms. The molecule has 6 heteroatoms. The smallest absolute Gasteiger partial charge is 0.261 e. The third-order valence-corrected chi connectivity index (χ3v) is 7.83. The van der Waals surface area contributed by atoms with Gasteiger partial charge in [0.15, 0.2) is 0 Å². The highest BCUT2D eigenvalue weighted by Gasteiger charge is 2.38. The van der Waals surface area contributed by atoms with Gasteiger partial charge < -0.3 is 0 Å². The molecule has 32 heavy (non-hydrogen) atoms. The molecule has 5 rings (SSSR count). The van der Waals surface area contributed by atoms with E-state index in [1.165, 1.54) is 11.1 Å². The van der Waals surface area contributed by atoms with Crippen LogP contribution in [-0.2, 0) is 18.5 Å². The van der Waals surface area contributed by atoms with Crippen molar-refractivity contribution >= 4 is 34.1 Å². The van der Waals surface area contributed by atoms with E-state index in [0.717, 1.165) is 38.2 Å². The van der Waals surface area contributed by atoms with Crippen molar-refractivity contribution in [3.8, 4) is 0 Å². The lowest BCUT2D eigenvalue weighted by Crippen LogP contribution is -2.49. The van der Waals surface area contributed by atoms with E-state index in [9.17, 15) is 4.79 Å². The molecule has 0 radical (unpaired) electrons. The molecule has 0 unspecified atom stereocenters. The molecule has 0 saturated carbocycles. The van der Waals surface area contributed by atoms with Crippen molar-refractivity contribution in [2.75, 3.05) is 6.54 Å². The molecule has 2 aliphatic heterocycles. The topological polar surface area (TPSA) is 38.1 Å². The normalized spacial score (nSPS) is 21.4. The summed E-state index contributed by atoms with van der Waals surface area (Å²) in [5.41, 5.74) is 3.51. The van der Waals surface area contributed by atoms with Gasteiger partial charge in [0.25, 0.3) is 5.56 Å². The zero-order valence-electron chi connectivity index (χ0n) is 18.9. The van der Waals surface area contributed by atoms with Crippen LogP contribution in [0.15, 0.2) is 41.2 Å². The molecule has 1 aromatic heterocycles. The van der Waals surface area contributed by atoms with Gasteiger partial charge in [0, 0.05) is 25.0 Å². The summed E-state index contributed by atoms with van der Waals surface area (Å²) in [7, 11) is 0. The lowest BCUT2D eigenvalue weighted by Gasteiger charge is -2.44. The minimum atomic E-state index is -0.00286. The summed E-state index contributed by atoms with van der Waals surface area (Å²) in [6.07, 6.45) is 3.13. The van der Waals surface area contributed by atoms with Crippen LogP contribution in [0.1, 0.15) is 62.9 Å². The Kier molecular flexibility index (Phi) is 5.59. The maximum absolute atomic E-state index is 13.2. The minimum Gasteiger partial charge on any atom is -0.296 e. The van der Waals surface area contributed by atoms with Crippen molar-refractivity contribution in [2.24, 2.45) is 0 Å². The number of piperidine rings is 1. The van der Waals surface area contributed by atoms with Crippen LogP contribution in [-0.4, -0.2) is 27.0 Å². The van der Waals surface area contributed by atoms with Crippen molar-refractivity contribution < 1.29 is 0 Å². The highest BCUT2D eigenvalue weighted by Crippen LogP contribution is 2.38. The van der Waals surface area contributed by atoms with Gasteiger partial charge in [-0.2, -0.15) is 0 Å².